The Hall–Kier alpha value is -4.05. The summed E-state index contributed by atoms with van der Waals surface area (Å²) in [5, 5.41) is 1.94. The second kappa shape index (κ2) is 12.4. The van der Waals surface area contributed by atoms with Crippen LogP contribution < -0.4 is 19.6 Å². The van der Waals surface area contributed by atoms with Gasteiger partial charge in [0, 0.05) is 20.5 Å². The van der Waals surface area contributed by atoms with Crippen LogP contribution >= 0.6 is 38.6 Å². The number of benzene rings is 3. The SMILES string of the molecule is CCOC(=O)C1=C(c2ccccc2)N=c2s/c(=C\c3ccccc3OCc3ccc(Br)cc3)c(=O)n2[C@H]1c1cccs1. The molecule has 9 heteroatoms. The van der Waals surface area contributed by atoms with Gasteiger partial charge in [-0.15, -0.1) is 11.3 Å². The van der Waals surface area contributed by atoms with Crippen LogP contribution in [0.1, 0.15) is 34.5 Å². The highest BCUT2D eigenvalue weighted by atomic mass is 79.9. The maximum absolute atomic E-state index is 14.1. The molecule has 2 aromatic heterocycles. The second-order valence-electron chi connectivity index (χ2n) is 9.40. The average Bonchev–Trinajstić information content (AvgIpc) is 3.65. The van der Waals surface area contributed by atoms with E-state index in [0.717, 1.165) is 26.0 Å². The van der Waals surface area contributed by atoms with Gasteiger partial charge in [0.15, 0.2) is 4.80 Å². The molecule has 0 saturated heterocycles. The van der Waals surface area contributed by atoms with Crippen LogP contribution in [0.3, 0.4) is 0 Å². The zero-order valence-corrected chi connectivity index (χ0v) is 25.7. The Morgan fingerprint density at radius 1 is 1.00 bits per heavy atom. The zero-order chi connectivity index (χ0) is 29.1. The molecule has 0 spiro atoms. The fourth-order valence-corrected chi connectivity index (χ4v) is 6.85. The summed E-state index contributed by atoms with van der Waals surface area (Å²) in [6.07, 6.45) is 1.84. The van der Waals surface area contributed by atoms with Crippen LogP contribution in [0.25, 0.3) is 11.8 Å². The molecule has 0 saturated carbocycles. The second-order valence-corrected chi connectivity index (χ2v) is 12.3. The Kier molecular flexibility index (Phi) is 8.32. The molecule has 0 bridgehead atoms. The monoisotopic (exact) mass is 656 g/mol. The summed E-state index contributed by atoms with van der Waals surface area (Å²) >= 11 is 6.24. The maximum atomic E-state index is 14.1. The van der Waals surface area contributed by atoms with Crippen LogP contribution in [0.2, 0.25) is 0 Å². The molecule has 3 heterocycles. The molecule has 0 amide bonds. The summed E-state index contributed by atoms with van der Waals surface area (Å²) in [4.78, 5) is 33.8. The number of hydrogen-bond donors (Lipinski definition) is 0. The van der Waals surface area contributed by atoms with Crippen molar-refractivity contribution in [3.05, 3.63) is 148 Å². The van der Waals surface area contributed by atoms with Gasteiger partial charge in [-0.2, -0.15) is 0 Å². The Labute approximate surface area is 258 Å². The van der Waals surface area contributed by atoms with Crippen LogP contribution in [0.5, 0.6) is 5.75 Å². The lowest BCUT2D eigenvalue weighted by atomic mass is 9.97. The Morgan fingerprint density at radius 2 is 1.76 bits per heavy atom. The molecule has 6 nitrogen and oxygen atoms in total. The largest absolute Gasteiger partial charge is 0.488 e. The third-order valence-electron chi connectivity index (χ3n) is 6.70. The van der Waals surface area contributed by atoms with E-state index in [1.54, 1.807) is 11.5 Å². The standard InChI is InChI=1S/C33H25BrN2O4S2/c1-2-39-32(38)28-29(22-9-4-3-5-10-22)35-33-36(30(28)26-13-8-18-41-26)31(37)27(42-33)19-23-11-6-7-12-25(23)40-20-21-14-16-24(34)17-15-21/h3-19,30H,2,20H2,1H3/b27-19-/t30-/m0/s1. The van der Waals surface area contributed by atoms with Crippen molar-refractivity contribution in [2.75, 3.05) is 6.61 Å². The molecular formula is C33H25BrN2O4S2. The van der Waals surface area contributed by atoms with Crippen molar-refractivity contribution in [3.8, 4) is 5.75 Å². The van der Waals surface area contributed by atoms with Crippen molar-refractivity contribution in [1.29, 1.82) is 0 Å². The van der Waals surface area contributed by atoms with Gasteiger partial charge in [-0.05, 0) is 48.2 Å². The topological polar surface area (TPSA) is 69.9 Å². The number of esters is 1. The number of thiazole rings is 1. The third kappa shape index (κ3) is 5.68. The highest BCUT2D eigenvalue weighted by Crippen LogP contribution is 2.36. The number of thiophene rings is 1. The van der Waals surface area contributed by atoms with Gasteiger partial charge >= 0.3 is 5.97 Å². The zero-order valence-electron chi connectivity index (χ0n) is 22.5. The number of nitrogens with zero attached hydrogens (tertiary/aromatic N) is 2. The molecule has 1 atom stereocenters. The van der Waals surface area contributed by atoms with E-state index < -0.39 is 12.0 Å². The van der Waals surface area contributed by atoms with Crippen LogP contribution in [-0.2, 0) is 16.1 Å². The van der Waals surface area contributed by atoms with Gasteiger partial charge in [0.25, 0.3) is 5.56 Å². The molecular weight excluding hydrogens is 632 g/mol. The minimum absolute atomic E-state index is 0.211. The van der Waals surface area contributed by atoms with Crippen molar-refractivity contribution in [2.24, 2.45) is 4.99 Å². The molecule has 1 aliphatic rings. The molecule has 6 rings (SSSR count). The first-order chi connectivity index (χ1) is 20.5. The Balaban J connectivity index is 1.49. The average molecular weight is 658 g/mol. The van der Waals surface area contributed by atoms with Gasteiger partial charge in [-0.25, -0.2) is 9.79 Å². The molecule has 0 unspecified atom stereocenters. The molecule has 5 aromatic rings. The van der Waals surface area contributed by atoms with E-state index in [1.165, 1.54) is 22.7 Å². The van der Waals surface area contributed by atoms with E-state index in [1.807, 2.05) is 102 Å². The van der Waals surface area contributed by atoms with E-state index in [4.69, 9.17) is 14.5 Å². The quantitative estimate of drug-likeness (QED) is 0.183. The molecule has 0 aliphatic carbocycles. The van der Waals surface area contributed by atoms with Crippen LogP contribution in [0, 0.1) is 0 Å². The number of aromatic nitrogens is 1. The maximum Gasteiger partial charge on any atom is 0.338 e. The third-order valence-corrected chi connectivity index (χ3v) is 9.14. The molecule has 1 aliphatic heterocycles. The first-order valence-electron chi connectivity index (χ1n) is 13.3. The van der Waals surface area contributed by atoms with Crippen molar-refractivity contribution in [1.82, 2.24) is 4.57 Å². The fraction of sp³-hybridized carbons (Fsp3) is 0.121. The molecule has 0 N–H and O–H groups in total. The molecule has 3 aromatic carbocycles. The van der Waals surface area contributed by atoms with Gasteiger partial charge in [-0.3, -0.25) is 9.36 Å². The normalized spacial score (nSPS) is 14.8. The van der Waals surface area contributed by atoms with E-state index in [0.29, 0.717) is 33.0 Å². The first-order valence-corrected chi connectivity index (χ1v) is 15.8. The highest BCUT2D eigenvalue weighted by Gasteiger charge is 2.35. The summed E-state index contributed by atoms with van der Waals surface area (Å²) in [5.41, 5.74) is 3.23. The first kappa shape index (κ1) is 28.1. The van der Waals surface area contributed by atoms with E-state index in [2.05, 4.69) is 15.9 Å². The molecule has 42 heavy (non-hydrogen) atoms. The minimum Gasteiger partial charge on any atom is -0.488 e. The number of carbonyl (C=O) groups excluding carboxylic acids is 1. The Bertz CT molecular complexity index is 1940. The van der Waals surface area contributed by atoms with E-state index in [9.17, 15) is 9.59 Å². The summed E-state index contributed by atoms with van der Waals surface area (Å²) in [6.45, 7) is 2.37. The number of ether oxygens (including phenoxy) is 2. The van der Waals surface area contributed by atoms with Crippen LogP contribution in [-0.4, -0.2) is 17.1 Å². The van der Waals surface area contributed by atoms with Gasteiger partial charge in [0.05, 0.1) is 22.4 Å². The minimum atomic E-state index is -0.665. The summed E-state index contributed by atoms with van der Waals surface area (Å²) in [7, 11) is 0. The van der Waals surface area contributed by atoms with Gasteiger partial charge in [-0.1, -0.05) is 94.0 Å². The lowest BCUT2D eigenvalue weighted by molar-refractivity contribution is -0.138. The smallest absolute Gasteiger partial charge is 0.338 e. The molecule has 210 valence electrons. The van der Waals surface area contributed by atoms with Crippen molar-refractivity contribution < 1.29 is 14.3 Å². The number of hydrogen-bond acceptors (Lipinski definition) is 7. The van der Waals surface area contributed by atoms with Crippen molar-refractivity contribution in [2.45, 2.75) is 19.6 Å². The number of para-hydroxylation sites is 1. The highest BCUT2D eigenvalue weighted by molar-refractivity contribution is 9.10. The van der Waals surface area contributed by atoms with Crippen molar-refractivity contribution in [3.63, 3.8) is 0 Å². The lowest BCUT2D eigenvalue weighted by Crippen LogP contribution is -2.39. The molecule has 0 radical (unpaired) electrons. The van der Waals surface area contributed by atoms with Gasteiger partial charge < -0.3 is 9.47 Å². The fourth-order valence-electron chi connectivity index (χ4n) is 4.77. The van der Waals surface area contributed by atoms with Crippen molar-refractivity contribution >= 4 is 56.3 Å². The number of carbonyl (C=O) groups is 1. The summed E-state index contributed by atoms with van der Waals surface area (Å²) in [6, 6.07) is 28.3. The Morgan fingerprint density at radius 3 is 2.50 bits per heavy atom. The van der Waals surface area contributed by atoms with E-state index >= 15 is 0 Å². The number of halogens is 1. The van der Waals surface area contributed by atoms with Crippen LogP contribution in [0.15, 0.2) is 116 Å². The van der Waals surface area contributed by atoms with Gasteiger partial charge in [0.1, 0.15) is 18.4 Å². The van der Waals surface area contributed by atoms with Crippen LogP contribution in [0.4, 0.5) is 0 Å². The van der Waals surface area contributed by atoms with E-state index in [-0.39, 0.29) is 12.2 Å². The summed E-state index contributed by atoms with van der Waals surface area (Å²) < 4.78 is 14.8. The summed E-state index contributed by atoms with van der Waals surface area (Å²) in [5.74, 6) is 0.178. The van der Waals surface area contributed by atoms with Gasteiger partial charge in [0.2, 0.25) is 0 Å². The predicted molar refractivity (Wildman–Crippen MR) is 170 cm³/mol. The number of rotatable bonds is 8. The number of fused-ring (bicyclic) bond motifs is 1. The molecule has 0 fully saturated rings. The lowest BCUT2D eigenvalue weighted by Gasteiger charge is -2.24. The predicted octanol–water partition coefficient (Wildman–Crippen LogP) is 6.34.